The third kappa shape index (κ3) is 7.36. The highest BCUT2D eigenvalue weighted by atomic mass is 35.5. The molecule has 3 aromatic carbocycles. The van der Waals surface area contributed by atoms with Crippen LogP contribution in [0.2, 0.25) is 5.02 Å². The van der Waals surface area contributed by atoms with E-state index >= 15 is 0 Å². The van der Waals surface area contributed by atoms with Crippen molar-refractivity contribution < 1.29 is 22.4 Å². The number of anilines is 1. The summed E-state index contributed by atoms with van der Waals surface area (Å²) in [7, 11) is -4.23. The number of carbonyl (C=O) groups is 2. The first-order chi connectivity index (χ1) is 18.3. The molecule has 3 rings (SSSR count). The summed E-state index contributed by atoms with van der Waals surface area (Å²) in [4.78, 5) is 28.0. The average molecular weight is 574 g/mol. The summed E-state index contributed by atoms with van der Waals surface area (Å²) >= 11 is 6.23. The highest BCUT2D eigenvalue weighted by Gasteiger charge is 2.33. The van der Waals surface area contributed by atoms with Crippen LogP contribution in [0.3, 0.4) is 0 Å². The zero-order valence-electron chi connectivity index (χ0n) is 22.6. The van der Waals surface area contributed by atoms with E-state index in [1.165, 1.54) is 48.2 Å². The molecule has 0 saturated carbocycles. The lowest BCUT2D eigenvalue weighted by Gasteiger charge is -2.32. The van der Waals surface area contributed by atoms with E-state index in [0.29, 0.717) is 10.6 Å². The molecule has 2 amide bonds. The molecule has 0 unspecified atom stereocenters. The fourth-order valence-electron chi connectivity index (χ4n) is 4.00. The predicted molar refractivity (Wildman–Crippen MR) is 152 cm³/mol. The molecule has 0 aliphatic rings. The molecule has 10 heteroatoms. The van der Waals surface area contributed by atoms with Crippen molar-refractivity contribution in [2.45, 2.75) is 58.1 Å². The topological polar surface area (TPSA) is 86.8 Å². The molecule has 0 aromatic heterocycles. The van der Waals surface area contributed by atoms with Gasteiger partial charge in [-0.25, -0.2) is 12.8 Å². The van der Waals surface area contributed by atoms with Gasteiger partial charge in [0, 0.05) is 23.2 Å². The number of hydrogen-bond acceptors (Lipinski definition) is 4. The minimum Gasteiger partial charge on any atom is -0.352 e. The Hall–Kier alpha value is -3.43. The molecule has 0 spiro atoms. The van der Waals surface area contributed by atoms with Crippen molar-refractivity contribution in [1.82, 2.24) is 10.2 Å². The lowest BCUT2D eigenvalue weighted by Crippen LogP contribution is -2.52. The van der Waals surface area contributed by atoms with Crippen molar-refractivity contribution in [2.24, 2.45) is 0 Å². The molecule has 0 bridgehead atoms. The quantitative estimate of drug-likeness (QED) is 0.360. The van der Waals surface area contributed by atoms with Crippen molar-refractivity contribution >= 4 is 39.1 Å². The lowest BCUT2D eigenvalue weighted by molar-refractivity contribution is -0.139. The molecule has 1 N–H and O–H groups in total. The molecular weight excluding hydrogens is 541 g/mol. The molecule has 1 atom stereocenters. The van der Waals surface area contributed by atoms with Gasteiger partial charge in [0.05, 0.1) is 10.6 Å². The molecular formula is C29H33ClFN3O4S. The Bertz CT molecular complexity index is 1450. The number of amides is 2. The number of rotatable bonds is 10. The molecule has 0 aliphatic heterocycles. The van der Waals surface area contributed by atoms with Crippen molar-refractivity contribution in [3.63, 3.8) is 0 Å². The van der Waals surface area contributed by atoms with Gasteiger partial charge in [0.1, 0.15) is 18.4 Å². The summed E-state index contributed by atoms with van der Waals surface area (Å²) in [5.74, 6) is -1.66. The molecule has 3 aromatic rings. The minimum absolute atomic E-state index is 0.00784. The van der Waals surface area contributed by atoms with E-state index in [0.717, 1.165) is 9.87 Å². The maximum Gasteiger partial charge on any atom is 0.264 e. The first kappa shape index (κ1) is 30.1. The first-order valence-corrected chi connectivity index (χ1v) is 14.3. The van der Waals surface area contributed by atoms with Crippen LogP contribution in [0.25, 0.3) is 0 Å². The van der Waals surface area contributed by atoms with Crippen molar-refractivity contribution in [3.05, 3.63) is 94.3 Å². The van der Waals surface area contributed by atoms with Gasteiger partial charge in [-0.3, -0.25) is 13.9 Å². The van der Waals surface area contributed by atoms with E-state index < -0.39 is 40.2 Å². The Kier molecular flexibility index (Phi) is 9.74. The summed E-state index contributed by atoms with van der Waals surface area (Å²) in [6, 6.07) is 15.8. The van der Waals surface area contributed by atoms with Gasteiger partial charge in [-0.2, -0.15) is 0 Å². The van der Waals surface area contributed by atoms with Gasteiger partial charge in [0.25, 0.3) is 10.0 Å². The number of benzene rings is 3. The largest absolute Gasteiger partial charge is 0.352 e. The van der Waals surface area contributed by atoms with Crippen LogP contribution < -0.4 is 9.62 Å². The van der Waals surface area contributed by atoms with Crippen molar-refractivity contribution in [2.75, 3.05) is 10.8 Å². The standard InChI is InChI=1S/C29H33ClFN3O4S/c1-19(2)32-29(36)22(5)33(17-23-8-6-7-9-26(23)31)28(35)18-34(27-16-24(30)13-12-21(27)4)39(37,38)25-14-10-20(3)11-15-25/h6-16,19,22H,17-18H2,1-5H3,(H,32,36)/t22-/m1/s1. The van der Waals surface area contributed by atoms with E-state index in [2.05, 4.69) is 5.32 Å². The highest BCUT2D eigenvalue weighted by molar-refractivity contribution is 7.92. The number of nitrogens with zero attached hydrogens (tertiary/aromatic N) is 2. The fraction of sp³-hybridized carbons (Fsp3) is 0.310. The van der Waals surface area contributed by atoms with E-state index in [-0.39, 0.29) is 28.7 Å². The molecule has 0 heterocycles. The van der Waals surface area contributed by atoms with Crippen LogP contribution in [0.4, 0.5) is 10.1 Å². The summed E-state index contributed by atoms with van der Waals surface area (Å²) in [6.07, 6.45) is 0. The molecule has 208 valence electrons. The smallest absolute Gasteiger partial charge is 0.264 e. The monoisotopic (exact) mass is 573 g/mol. The highest BCUT2D eigenvalue weighted by Crippen LogP contribution is 2.30. The number of halogens is 2. The molecule has 39 heavy (non-hydrogen) atoms. The van der Waals surface area contributed by atoms with Crippen LogP contribution in [0, 0.1) is 19.7 Å². The predicted octanol–water partition coefficient (Wildman–Crippen LogP) is 5.23. The number of carbonyl (C=O) groups excluding carboxylic acids is 2. The van der Waals surface area contributed by atoms with Crippen molar-refractivity contribution in [1.29, 1.82) is 0 Å². The van der Waals surface area contributed by atoms with Crippen LogP contribution in [0.1, 0.15) is 37.5 Å². The van der Waals surface area contributed by atoms with Gasteiger partial charge >= 0.3 is 0 Å². The normalized spacial score (nSPS) is 12.2. The Morgan fingerprint density at radius 2 is 1.62 bits per heavy atom. The van der Waals surface area contributed by atoms with Crippen molar-refractivity contribution in [3.8, 4) is 0 Å². The van der Waals surface area contributed by atoms with Crippen LogP contribution >= 0.6 is 11.6 Å². The van der Waals surface area contributed by atoms with Gasteiger partial charge in [0.15, 0.2) is 0 Å². The minimum atomic E-state index is -4.23. The third-order valence-electron chi connectivity index (χ3n) is 6.22. The molecule has 0 saturated heterocycles. The summed E-state index contributed by atoms with van der Waals surface area (Å²) < 4.78 is 43.4. The Morgan fingerprint density at radius 3 is 2.23 bits per heavy atom. The van der Waals surface area contributed by atoms with Crippen LogP contribution in [0.5, 0.6) is 0 Å². The average Bonchev–Trinajstić information content (AvgIpc) is 2.87. The van der Waals surface area contributed by atoms with Crippen LogP contribution in [0.15, 0.2) is 71.6 Å². The summed E-state index contributed by atoms with van der Waals surface area (Å²) in [6.45, 7) is 7.78. The van der Waals surface area contributed by atoms with E-state index in [4.69, 9.17) is 11.6 Å². The molecule has 7 nitrogen and oxygen atoms in total. The number of aryl methyl sites for hydroxylation is 2. The van der Waals surface area contributed by atoms with Gasteiger partial charge in [0.2, 0.25) is 11.8 Å². The van der Waals surface area contributed by atoms with Gasteiger partial charge in [-0.1, -0.05) is 53.6 Å². The maximum absolute atomic E-state index is 14.6. The summed E-state index contributed by atoms with van der Waals surface area (Å²) in [5, 5.41) is 3.06. The van der Waals surface area contributed by atoms with Gasteiger partial charge in [-0.15, -0.1) is 0 Å². The van der Waals surface area contributed by atoms with E-state index in [1.54, 1.807) is 51.1 Å². The van der Waals surface area contributed by atoms with Crippen LogP contribution in [-0.4, -0.2) is 43.8 Å². The SMILES string of the molecule is Cc1ccc(S(=O)(=O)N(CC(=O)N(Cc2ccccc2F)[C@H](C)C(=O)NC(C)C)c2cc(Cl)ccc2C)cc1. The Labute approximate surface area is 234 Å². The second-order valence-electron chi connectivity index (χ2n) is 9.71. The molecule has 0 fully saturated rings. The fourth-order valence-corrected chi connectivity index (χ4v) is 5.64. The molecule has 0 aliphatic carbocycles. The second kappa shape index (κ2) is 12.6. The van der Waals surface area contributed by atoms with E-state index in [9.17, 15) is 22.4 Å². The zero-order chi connectivity index (χ0) is 28.9. The third-order valence-corrected chi connectivity index (χ3v) is 8.23. The van der Waals surface area contributed by atoms with E-state index in [1.807, 2.05) is 6.92 Å². The maximum atomic E-state index is 14.6. The van der Waals surface area contributed by atoms with Gasteiger partial charge in [-0.05, 0) is 70.5 Å². The lowest BCUT2D eigenvalue weighted by atomic mass is 10.1. The zero-order valence-corrected chi connectivity index (χ0v) is 24.2. The van der Waals surface area contributed by atoms with Crippen LogP contribution in [-0.2, 0) is 26.2 Å². The number of nitrogens with one attached hydrogen (secondary N) is 1. The number of hydrogen-bond donors (Lipinski definition) is 1. The molecule has 0 radical (unpaired) electrons. The van der Waals surface area contributed by atoms with Gasteiger partial charge < -0.3 is 10.2 Å². The second-order valence-corrected chi connectivity index (χ2v) is 12.0. The Balaban J connectivity index is 2.09. The first-order valence-electron chi connectivity index (χ1n) is 12.5. The Morgan fingerprint density at radius 1 is 0.974 bits per heavy atom. The summed E-state index contributed by atoms with van der Waals surface area (Å²) in [5.41, 5.74) is 1.87. The number of sulfonamides is 1.